The Bertz CT molecular complexity index is 560. The van der Waals surface area contributed by atoms with E-state index in [4.69, 9.17) is 0 Å². The molecule has 0 aliphatic carbocycles. The molecule has 1 aromatic carbocycles. The van der Waals surface area contributed by atoms with Crippen LogP contribution in [0.4, 0.5) is 18.9 Å². The first-order valence-corrected chi connectivity index (χ1v) is 6.23. The molecular weight excluding hydrogens is 289 g/mol. The van der Waals surface area contributed by atoms with E-state index in [2.05, 4.69) is 10.1 Å². The number of para-hydroxylation sites is 2. The third-order valence-corrected chi connectivity index (χ3v) is 2.96. The fourth-order valence-corrected chi connectivity index (χ4v) is 2.06. The van der Waals surface area contributed by atoms with Crippen LogP contribution in [-0.4, -0.2) is 30.8 Å². The summed E-state index contributed by atoms with van der Waals surface area (Å²) in [7, 11) is 0. The van der Waals surface area contributed by atoms with Gasteiger partial charge in [0.15, 0.2) is 5.75 Å². The van der Waals surface area contributed by atoms with Gasteiger partial charge in [-0.05, 0) is 19.1 Å². The summed E-state index contributed by atoms with van der Waals surface area (Å²) >= 11 is 0. The van der Waals surface area contributed by atoms with Gasteiger partial charge in [-0.2, -0.15) is 0 Å². The number of halogens is 3. The zero-order chi connectivity index (χ0) is 15.6. The number of anilines is 1. The lowest BCUT2D eigenvalue weighted by Crippen LogP contribution is -2.43. The van der Waals surface area contributed by atoms with Crippen LogP contribution in [0.25, 0.3) is 0 Å². The standard InChI is InChI=1S/C13H13F3N2O3/c1-8-12(20)18(7-6-11(19)17-8)9-4-2-3-5-10(9)21-13(14,15)16/h2-5,8H,6-7H2,1H3,(H,17,19). The molecule has 114 valence electrons. The number of alkyl halides is 3. The number of hydrogen-bond acceptors (Lipinski definition) is 3. The number of nitrogens with one attached hydrogen (secondary N) is 1. The van der Waals surface area contributed by atoms with Gasteiger partial charge in [0.2, 0.25) is 11.8 Å². The number of nitrogens with zero attached hydrogens (tertiary/aromatic N) is 1. The molecule has 1 saturated heterocycles. The summed E-state index contributed by atoms with van der Waals surface area (Å²) < 4.78 is 41.2. The van der Waals surface area contributed by atoms with Gasteiger partial charge >= 0.3 is 6.36 Å². The third-order valence-electron chi connectivity index (χ3n) is 2.96. The van der Waals surface area contributed by atoms with Crippen LogP contribution in [0.3, 0.4) is 0 Å². The highest BCUT2D eigenvalue weighted by Crippen LogP contribution is 2.33. The first-order chi connectivity index (χ1) is 9.78. The van der Waals surface area contributed by atoms with E-state index in [9.17, 15) is 22.8 Å². The summed E-state index contributed by atoms with van der Waals surface area (Å²) in [5.41, 5.74) is -0.0109. The number of carbonyl (C=O) groups is 2. The highest BCUT2D eigenvalue weighted by Gasteiger charge is 2.34. The van der Waals surface area contributed by atoms with Crippen LogP contribution in [0.2, 0.25) is 0 Å². The van der Waals surface area contributed by atoms with Crippen molar-refractivity contribution in [2.75, 3.05) is 11.4 Å². The van der Waals surface area contributed by atoms with Crippen molar-refractivity contribution in [1.29, 1.82) is 0 Å². The number of carbonyl (C=O) groups excluding carboxylic acids is 2. The van der Waals surface area contributed by atoms with Crippen LogP contribution < -0.4 is 15.0 Å². The fraction of sp³-hybridized carbons (Fsp3) is 0.385. The minimum atomic E-state index is -4.86. The van der Waals surface area contributed by atoms with Crippen LogP contribution in [0.1, 0.15) is 13.3 Å². The van der Waals surface area contributed by atoms with Gasteiger partial charge in [0.05, 0.1) is 5.69 Å². The van der Waals surface area contributed by atoms with Gasteiger partial charge in [-0.3, -0.25) is 9.59 Å². The summed E-state index contributed by atoms with van der Waals surface area (Å²) in [6, 6.07) is 4.54. The van der Waals surface area contributed by atoms with Gasteiger partial charge in [-0.15, -0.1) is 13.2 Å². The predicted molar refractivity (Wildman–Crippen MR) is 67.7 cm³/mol. The lowest BCUT2D eigenvalue weighted by atomic mass is 10.2. The molecule has 8 heteroatoms. The van der Waals surface area contributed by atoms with E-state index in [1.807, 2.05) is 0 Å². The number of rotatable bonds is 2. The molecule has 0 aromatic heterocycles. The van der Waals surface area contributed by atoms with E-state index < -0.39 is 24.1 Å². The summed E-state index contributed by atoms with van der Waals surface area (Å²) in [5, 5.41) is 2.47. The Balaban J connectivity index is 2.36. The fourth-order valence-electron chi connectivity index (χ4n) is 2.06. The summed E-state index contributed by atoms with van der Waals surface area (Å²) in [5.74, 6) is -1.29. The Kier molecular flexibility index (Phi) is 4.06. The molecule has 2 rings (SSSR count). The molecule has 0 radical (unpaired) electrons. The molecule has 1 aliphatic heterocycles. The van der Waals surface area contributed by atoms with Gasteiger partial charge < -0.3 is 15.0 Å². The smallest absolute Gasteiger partial charge is 0.404 e. The van der Waals surface area contributed by atoms with Crippen molar-refractivity contribution in [2.24, 2.45) is 0 Å². The van der Waals surface area contributed by atoms with Crippen LogP contribution in [-0.2, 0) is 9.59 Å². The molecular formula is C13H13F3N2O3. The lowest BCUT2D eigenvalue weighted by Gasteiger charge is -2.24. The highest BCUT2D eigenvalue weighted by molar-refractivity contribution is 6.01. The summed E-state index contributed by atoms with van der Waals surface area (Å²) in [6.07, 6.45) is -4.85. The molecule has 1 atom stereocenters. The van der Waals surface area contributed by atoms with Crippen molar-refractivity contribution in [2.45, 2.75) is 25.7 Å². The molecule has 21 heavy (non-hydrogen) atoms. The Hall–Kier alpha value is -2.25. The molecule has 1 fully saturated rings. The third kappa shape index (κ3) is 3.65. The van der Waals surface area contributed by atoms with Gasteiger partial charge in [0.25, 0.3) is 0 Å². The molecule has 0 bridgehead atoms. The van der Waals surface area contributed by atoms with Gasteiger partial charge in [-0.25, -0.2) is 0 Å². The molecule has 1 unspecified atom stereocenters. The van der Waals surface area contributed by atoms with E-state index in [0.717, 1.165) is 11.0 Å². The lowest BCUT2D eigenvalue weighted by molar-refractivity contribution is -0.274. The molecule has 1 heterocycles. The number of ether oxygens (including phenoxy) is 1. The molecule has 2 amide bonds. The SMILES string of the molecule is CC1NC(=O)CCN(c2ccccc2OC(F)(F)F)C1=O. The van der Waals surface area contributed by atoms with E-state index in [0.29, 0.717) is 0 Å². The van der Waals surface area contributed by atoms with E-state index in [1.54, 1.807) is 0 Å². The van der Waals surface area contributed by atoms with Gasteiger partial charge in [0.1, 0.15) is 6.04 Å². The molecule has 0 spiro atoms. The normalized spacial score (nSPS) is 20.0. The zero-order valence-electron chi connectivity index (χ0n) is 11.1. The monoisotopic (exact) mass is 302 g/mol. The van der Waals surface area contributed by atoms with Crippen molar-refractivity contribution < 1.29 is 27.5 Å². The minimum absolute atomic E-state index is 0.00671. The van der Waals surface area contributed by atoms with Crippen molar-refractivity contribution in [3.63, 3.8) is 0 Å². The van der Waals surface area contributed by atoms with Crippen LogP contribution in [0.5, 0.6) is 5.75 Å². The summed E-state index contributed by atoms with van der Waals surface area (Å²) in [4.78, 5) is 24.7. The van der Waals surface area contributed by atoms with E-state index in [-0.39, 0.29) is 24.6 Å². The molecule has 1 N–H and O–H groups in total. The topological polar surface area (TPSA) is 58.6 Å². The average molecular weight is 302 g/mol. The second-order valence-corrected chi connectivity index (χ2v) is 4.54. The maximum absolute atomic E-state index is 12.4. The minimum Gasteiger partial charge on any atom is -0.404 e. The highest BCUT2D eigenvalue weighted by atomic mass is 19.4. The van der Waals surface area contributed by atoms with Crippen LogP contribution in [0, 0.1) is 0 Å². The van der Waals surface area contributed by atoms with Crippen molar-refractivity contribution in [3.8, 4) is 5.75 Å². The summed E-state index contributed by atoms with van der Waals surface area (Å²) in [6.45, 7) is 1.47. The number of benzene rings is 1. The first-order valence-electron chi connectivity index (χ1n) is 6.23. The van der Waals surface area contributed by atoms with Crippen molar-refractivity contribution >= 4 is 17.5 Å². The first kappa shape index (κ1) is 15.1. The molecule has 1 aromatic rings. The van der Waals surface area contributed by atoms with Gasteiger partial charge in [0, 0.05) is 13.0 Å². The number of hydrogen-bond donors (Lipinski definition) is 1. The maximum atomic E-state index is 12.4. The van der Waals surface area contributed by atoms with Crippen molar-refractivity contribution in [3.05, 3.63) is 24.3 Å². The largest absolute Gasteiger partial charge is 0.573 e. The maximum Gasteiger partial charge on any atom is 0.573 e. The predicted octanol–water partition coefficient (Wildman–Crippen LogP) is 1.83. The van der Waals surface area contributed by atoms with Crippen LogP contribution >= 0.6 is 0 Å². The number of amides is 2. The second kappa shape index (κ2) is 5.63. The average Bonchev–Trinajstić information content (AvgIpc) is 2.49. The quantitative estimate of drug-likeness (QED) is 0.906. The molecule has 0 saturated carbocycles. The molecule has 5 nitrogen and oxygen atoms in total. The molecule has 1 aliphatic rings. The van der Waals surface area contributed by atoms with Crippen molar-refractivity contribution in [1.82, 2.24) is 5.32 Å². The Morgan fingerprint density at radius 2 is 1.95 bits per heavy atom. The Morgan fingerprint density at radius 1 is 1.29 bits per heavy atom. The Morgan fingerprint density at radius 3 is 2.62 bits per heavy atom. The van der Waals surface area contributed by atoms with E-state index in [1.165, 1.54) is 25.1 Å². The van der Waals surface area contributed by atoms with E-state index >= 15 is 0 Å². The Labute approximate surface area is 118 Å². The van der Waals surface area contributed by atoms with Gasteiger partial charge in [-0.1, -0.05) is 12.1 Å². The van der Waals surface area contributed by atoms with Crippen LogP contribution in [0.15, 0.2) is 24.3 Å². The second-order valence-electron chi connectivity index (χ2n) is 4.54. The zero-order valence-corrected chi connectivity index (χ0v) is 11.1.